The molecule has 1 N–H and O–H groups in total. The van der Waals surface area contributed by atoms with Crippen LogP contribution in [0.25, 0.3) is 0 Å². The van der Waals surface area contributed by atoms with Crippen molar-refractivity contribution < 1.29 is 9.66 Å². The van der Waals surface area contributed by atoms with Gasteiger partial charge in [0.25, 0.3) is 5.69 Å². The van der Waals surface area contributed by atoms with Crippen LogP contribution in [-0.4, -0.2) is 12.0 Å². The maximum Gasteiger partial charge on any atom is 0.269 e. The van der Waals surface area contributed by atoms with Gasteiger partial charge in [0, 0.05) is 17.7 Å². The van der Waals surface area contributed by atoms with Gasteiger partial charge in [0.2, 0.25) is 0 Å². The molecule has 0 spiro atoms. The number of nitrogens with one attached hydrogen (secondary N) is 1. The van der Waals surface area contributed by atoms with Crippen molar-refractivity contribution in [2.75, 3.05) is 7.11 Å². The number of benzene rings is 3. The molecular formula is C23H24N2O3. The molecule has 0 amide bonds. The van der Waals surface area contributed by atoms with E-state index in [1.807, 2.05) is 48.5 Å². The zero-order valence-corrected chi connectivity index (χ0v) is 16.3. The molecule has 3 rings (SSSR count). The minimum Gasteiger partial charge on any atom is -0.497 e. The van der Waals surface area contributed by atoms with E-state index in [4.69, 9.17) is 4.74 Å². The summed E-state index contributed by atoms with van der Waals surface area (Å²) in [6, 6.07) is 24.5. The molecule has 3 aromatic rings. The highest BCUT2D eigenvalue weighted by atomic mass is 16.6. The van der Waals surface area contributed by atoms with E-state index in [1.54, 1.807) is 19.2 Å². The lowest BCUT2D eigenvalue weighted by molar-refractivity contribution is -0.384. The van der Waals surface area contributed by atoms with Crippen LogP contribution in [0, 0.1) is 10.1 Å². The zero-order chi connectivity index (χ0) is 20.1. The van der Waals surface area contributed by atoms with Gasteiger partial charge in [0.15, 0.2) is 0 Å². The van der Waals surface area contributed by atoms with Crippen molar-refractivity contribution in [3.8, 4) is 5.75 Å². The number of ether oxygens (including phenoxy) is 1. The predicted octanol–water partition coefficient (Wildman–Crippen LogP) is 5.22. The standard InChI is InChI=1S/C23H24N2O3/c1-23(2,19-9-5-4-6-10-19)24-22(17-12-14-21(28-3)15-13-17)18-8-7-11-20(16-18)25(26)27/h4-16,22,24H,1-3H3. The van der Waals surface area contributed by atoms with Crippen molar-refractivity contribution in [1.82, 2.24) is 5.32 Å². The van der Waals surface area contributed by atoms with Gasteiger partial charge in [-0.2, -0.15) is 0 Å². The molecule has 0 aliphatic heterocycles. The van der Waals surface area contributed by atoms with Gasteiger partial charge in [0.05, 0.1) is 18.1 Å². The summed E-state index contributed by atoms with van der Waals surface area (Å²) in [6.07, 6.45) is 0. The number of rotatable bonds is 7. The van der Waals surface area contributed by atoms with E-state index in [0.717, 1.165) is 22.4 Å². The van der Waals surface area contributed by atoms with Crippen LogP contribution in [0.15, 0.2) is 78.9 Å². The van der Waals surface area contributed by atoms with Crippen LogP contribution in [0.2, 0.25) is 0 Å². The summed E-state index contributed by atoms with van der Waals surface area (Å²) in [5.41, 5.74) is 2.71. The lowest BCUT2D eigenvalue weighted by Gasteiger charge is -2.33. The smallest absolute Gasteiger partial charge is 0.269 e. The molecule has 0 aromatic heterocycles. The van der Waals surface area contributed by atoms with Gasteiger partial charge in [-0.1, -0.05) is 54.6 Å². The van der Waals surface area contributed by atoms with Crippen molar-refractivity contribution in [2.45, 2.75) is 25.4 Å². The molecule has 0 saturated heterocycles. The Labute approximate surface area is 165 Å². The average molecular weight is 376 g/mol. The van der Waals surface area contributed by atoms with Crippen molar-refractivity contribution in [3.05, 3.63) is 106 Å². The van der Waals surface area contributed by atoms with Crippen LogP contribution < -0.4 is 10.1 Å². The average Bonchev–Trinajstić information content (AvgIpc) is 2.73. The second-order valence-corrected chi connectivity index (χ2v) is 7.19. The van der Waals surface area contributed by atoms with Crippen LogP contribution in [-0.2, 0) is 5.54 Å². The number of methoxy groups -OCH3 is 1. The Morgan fingerprint density at radius 1 is 0.929 bits per heavy atom. The topological polar surface area (TPSA) is 64.4 Å². The van der Waals surface area contributed by atoms with Gasteiger partial charge >= 0.3 is 0 Å². The maximum absolute atomic E-state index is 11.3. The summed E-state index contributed by atoms with van der Waals surface area (Å²) >= 11 is 0. The molecule has 0 heterocycles. The largest absolute Gasteiger partial charge is 0.497 e. The third kappa shape index (κ3) is 4.38. The fourth-order valence-electron chi connectivity index (χ4n) is 3.27. The highest BCUT2D eigenvalue weighted by Crippen LogP contribution is 2.31. The van der Waals surface area contributed by atoms with Crippen molar-refractivity contribution in [3.63, 3.8) is 0 Å². The molecule has 5 nitrogen and oxygen atoms in total. The maximum atomic E-state index is 11.3. The van der Waals surface area contributed by atoms with Crippen LogP contribution in [0.4, 0.5) is 5.69 Å². The Hall–Kier alpha value is -3.18. The van der Waals surface area contributed by atoms with Crippen molar-refractivity contribution in [1.29, 1.82) is 0 Å². The predicted molar refractivity (Wildman–Crippen MR) is 111 cm³/mol. The molecule has 0 bridgehead atoms. The second kappa shape index (κ2) is 8.23. The summed E-state index contributed by atoms with van der Waals surface area (Å²) < 4.78 is 5.27. The van der Waals surface area contributed by atoms with Gasteiger partial charge in [-0.15, -0.1) is 0 Å². The number of non-ortho nitro benzene ring substituents is 1. The molecule has 5 heteroatoms. The van der Waals surface area contributed by atoms with E-state index in [2.05, 4.69) is 31.3 Å². The summed E-state index contributed by atoms with van der Waals surface area (Å²) in [4.78, 5) is 10.9. The third-order valence-electron chi connectivity index (χ3n) is 4.86. The van der Waals surface area contributed by atoms with E-state index in [0.29, 0.717) is 0 Å². The Bertz CT molecular complexity index is 938. The minimum absolute atomic E-state index is 0.0790. The zero-order valence-electron chi connectivity index (χ0n) is 16.3. The monoisotopic (exact) mass is 376 g/mol. The second-order valence-electron chi connectivity index (χ2n) is 7.19. The van der Waals surface area contributed by atoms with Gasteiger partial charge in [-0.25, -0.2) is 0 Å². The summed E-state index contributed by atoms with van der Waals surface area (Å²) in [6.45, 7) is 4.21. The number of hydrogen-bond acceptors (Lipinski definition) is 4. The number of nitro benzene ring substituents is 1. The third-order valence-corrected chi connectivity index (χ3v) is 4.86. The first kappa shape index (κ1) is 19.6. The minimum atomic E-state index is -0.364. The van der Waals surface area contributed by atoms with Gasteiger partial charge in [-0.3, -0.25) is 15.4 Å². The van der Waals surface area contributed by atoms with Crippen LogP contribution in [0.3, 0.4) is 0 Å². The molecule has 1 unspecified atom stereocenters. The van der Waals surface area contributed by atoms with E-state index < -0.39 is 0 Å². The highest BCUT2D eigenvalue weighted by Gasteiger charge is 2.27. The molecule has 28 heavy (non-hydrogen) atoms. The van der Waals surface area contributed by atoms with Crippen LogP contribution in [0.1, 0.15) is 36.6 Å². The lowest BCUT2D eigenvalue weighted by Crippen LogP contribution is -2.39. The van der Waals surface area contributed by atoms with Crippen molar-refractivity contribution in [2.24, 2.45) is 0 Å². The lowest BCUT2D eigenvalue weighted by atomic mass is 9.89. The van der Waals surface area contributed by atoms with Crippen molar-refractivity contribution >= 4 is 5.69 Å². The number of nitro groups is 1. The van der Waals surface area contributed by atoms with E-state index in [1.165, 1.54) is 6.07 Å². The fraction of sp³-hybridized carbons (Fsp3) is 0.217. The number of hydrogen-bond donors (Lipinski definition) is 1. The van der Waals surface area contributed by atoms with Gasteiger partial charge < -0.3 is 4.74 Å². The number of nitrogens with zero attached hydrogens (tertiary/aromatic N) is 1. The quantitative estimate of drug-likeness (QED) is 0.454. The molecule has 0 aliphatic carbocycles. The molecule has 144 valence electrons. The fourth-order valence-corrected chi connectivity index (χ4v) is 3.27. The SMILES string of the molecule is COc1ccc(C(NC(C)(C)c2ccccc2)c2cccc([N+](=O)[O-])c2)cc1. The molecule has 0 fully saturated rings. The molecule has 1 atom stereocenters. The van der Waals surface area contributed by atoms with Crippen LogP contribution >= 0.6 is 0 Å². The van der Waals surface area contributed by atoms with E-state index in [9.17, 15) is 10.1 Å². The Morgan fingerprint density at radius 2 is 1.61 bits per heavy atom. The van der Waals surface area contributed by atoms with E-state index in [-0.39, 0.29) is 22.2 Å². The summed E-state index contributed by atoms with van der Waals surface area (Å²) in [7, 11) is 1.63. The van der Waals surface area contributed by atoms with E-state index >= 15 is 0 Å². The summed E-state index contributed by atoms with van der Waals surface area (Å²) in [5, 5.41) is 15.0. The Kier molecular flexibility index (Phi) is 5.76. The van der Waals surface area contributed by atoms with Gasteiger partial charge in [-0.05, 0) is 42.7 Å². The normalized spacial score (nSPS) is 12.4. The van der Waals surface area contributed by atoms with Crippen LogP contribution in [0.5, 0.6) is 5.75 Å². The molecule has 3 aromatic carbocycles. The van der Waals surface area contributed by atoms with Gasteiger partial charge in [0.1, 0.15) is 5.75 Å². The summed E-state index contributed by atoms with van der Waals surface area (Å²) in [5.74, 6) is 0.767. The first-order chi connectivity index (χ1) is 13.4. The Morgan fingerprint density at radius 3 is 2.21 bits per heavy atom. The first-order valence-corrected chi connectivity index (χ1v) is 9.12. The molecule has 0 aliphatic rings. The first-order valence-electron chi connectivity index (χ1n) is 9.12. The molecular weight excluding hydrogens is 352 g/mol. The highest BCUT2D eigenvalue weighted by molar-refractivity contribution is 5.42. The molecule has 0 radical (unpaired) electrons. The molecule has 0 saturated carbocycles. The Balaban J connectivity index is 2.03.